The van der Waals surface area contributed by atoms with E-state index in [1.54, 1.807) is 19.1 Å². The van der Waals surface area contributed by atoms with Gasteiger partial charge in [-0.25, -0.2) is 18.1 Å². The van der Waals surface area contributed by atoms with Gasteiger partial charge in [0.05, 0.1) is 17.9 Å². The number of nitrogens with one attached hydrogen (secondary N) is 2. The lowest BCUT2D eigenvalue weighted by Gasteiger charge is -2.08. The molecular formula is C10H13N5O3S. The van der Waals surface area contributed by atoms with Crippen molar-refractivity contribution >= 4 is 15.7 Å². The number of anilines is 1. The molecule has 4 N–H and O–H groups in total. The SMILES string of the molecule is Cc1cc(CNS(=O)(=O)c2ncccc2NN)no1. The Kier molecular flexibility index (Phi) is 3.79. The number of aryl methyl sites for hydroxylation is 1. The zero-order valence-corrected chi connectivity index (χ0v) is 10.9. The van der Waals surface area contributed by atoms with Gasteiger partial charge in [-0.05, 0) is 19.1 Å². The van der Waals surface area contributed by atoms with E-state index in [2.05, 4.69) is 20.3 Å². The summed E-state index contributed by atoms with van der Waals surface area (Å²) in [6, 6.07) is 4.74. The second-order valence-electron chi connectivity index (χ2n) is 3.75. The van der Waals surface area contributed by atoms with E-state index in [-0.39, 0.29) is 17.3 Å². The van der Waals surface area contributed by atoms with E-state index in [0.29, 0.717) is 11.5 Å². The minimum Gasteiger partial charge on any atom is -0.361 e. The predicted molar refractivity (Wildman–Crippen MR) is 67.3 cm³/mol. The van der Waals surface area contributed by atoms with Crippen molar-refractivity contribution < 1.29 is 12.9 Å². The maximum atomic E-state index is 12.1. The molecule has 102 valence electrons. The Morgan fingerprint density at radius 3 is 2.89 bits per heavy atom. The van der Waals surface area contributed by atoms with Crippen molar-refractivity contribution in [2.45, 2.75) is 18.5 Å². The van der Waals surface area contributed by atoms with E-state index in [4.69, 9.17) is 10.4 Å². The van der Waals surface area contributed by atoms with Crippen molar-refractivity contribution in [1.82, 2.24) is 14.9 Å². The summed E-state index contributed by atoms with van der Waals surface area (Å²) in [4.78, 5) is 3.80. The summed E-state index contributed by atoms with van der Waals surface area (Å²) < 4.78 is 31.3. The maximum absolute atomic E-state index is 12.1. The zero-order chi connectivity index (χ0) is 13.9. The number of hydrogen-bond donors (Lipinski definition) is 3. The Balaban J connectivity index is 2.18. The van der Waals surface area contributed by atoms with Crippen molar-refractivity contribution in [1.29, 1.82) is 0 Å². The second-order valence-corrected chi connectivity index (χ2v) is 5.44. The number of aromatic nitrogens is 2. The van der Waals surface area contributed by atoms with Gasteiger partial charge in [-0.1, -0.05) is 5.16 Å². The topological polar surface area (TPSA) is 123 Å². The molecule has 0 atom stereocenters. The molecule has 2 rings (SSSR count). The summed E-state index contributed by atoms with van der Waals surface area (Å²) in [5.74, 6) is 5.86. The highest BCUT2D eigenvalue weighted by Crippen LogP contribution is 2.16. The van der Waals surface area contributed by atoms with Crippen LogP contribution in [0.25, 0.3) is 0 Å². The molecule has 8 nitrogen and oxygen atoms in total. The maximum Gasteiger partial charge on any atom is 0.260 e. The van der Waals surface area contributed by atoms with E-state index in [1.807, 2.05) is 0 Å². The normalized spacial score (nSPS) is 11.5. The smallest absolute Gasteiger partial charge is 0.260 e. The third-order valence-corrected chi connectivity index (χ3v) is 3.66. The fourth-order valence-corrected chi connectivity index (χ4v) is 2.54. The molecule has 0 saturated heterocycles. The predicted octanol–water partition coefficient (Wildman–Crippen LogP) is 0.142. The average Bonchev–Trinajstić information content (AvgIpc) is 2.82. The molecule has 0 unspecified atom stereocenters. The van der Waals surface area contributed by atoms with Crippen LogP contribution in [0.1, 0.15) is 11.5 Å². The van der Waals surface area contributed by atoms with Crippen LogP contribution in [0.15, 0.2) is 33.9 Å². The lowest BCUT2D eigenvalue weighted by Crippen LogP contribution is -2.26. The van der Waals surface area contributed by atoms with Crippen LogP contribution >= 0.6 is 0 Å². The number of nitrogen functional groups attached to an aromatic ring is 1. The van der Waals surface area contributed by atoms with Gasteiger partial charge in [0.25, 0.3) is 10.0 Å². The summed E-state index contributed by atoms with van der Waals surface area (Å²) in [5, 5.41) is 3.52. The quantitative estimate of drug-likeness (QED) is 0.527. The number of rotatable bonds is 5. The number of nitrogens with two attached hydrogens (primary N) is 1. The molecule has 0 saturated carbocycles. The molecule has 0 aromatic carbocycles. The van der Waals surface area contributed by atoms with Crippen LogP contribution in [0.3, 0.4) is 0 Å². The third-order valence-electron chi connectivity index (χ3n) is 2.30. The highest BCUT2D eigenvalue weighted by molar-refractivity contribution is 7.89. The number of hydrazine groups is 1. The molecule has 19 heavy (non-hydrogen) atoms. The van der Waals surface area contributed by atoms with Crippen LogP contribution in [0.5, 0.6) is 0 Å². The fourth-order valence-electron chi connectivity index (χ4n) is 1.45. The molecule has 2 aromatic rings. The van der Waals surface area contributed by atoms with E-state index in [1.165, 1.54) is 12.3 Å². The molecule has 0 radical (unpaired) electrons. The van der Waals surface area contributed by atoms with Crippen LogP contribution < -0.4 is 16.0 Å². The first kappa shape index (κ1) is 13.5. The Morgan fingerprint density at radius 1 is 1.47 bits per heavy atom. The summed E-state index contributed by atoms with van der Waals surface area (Å²) in [6.07, 6.45) is 1.37. The van der Waals surface area contributed by atoms with E-state index in [0.717, 1.165) is 0 Å². The van der Waals surface area contributed by atoms with E-state index < -0.39 is 10.0 Å². The minimum absolute atomic E-state index is 0.0141. The van der Waals surface area contributed by atoms with Gasteiger partial charge < -0.3 is 9.95 Å². The van der Waals surface area contributed by atoms with Crippen LogP contribution in [0.4, 0.5) is 5.69 Å². The molecule has 0 amide bonds. The first-order chi connectivity index (χ1) is 9.03. The fraction of sp³-hybridized carbons (Fsp3) is 0.200. The lowest BCUT2D eigenvalue weighted by molar-refractivity contribution is 0.390. The highest BCUT2D eigenvalue weighted by atomic mass is 32.2. The Bertz CT molecular complexity index is 667. The first-order valence-corrected chi connectivity index (χ1v) is 6.85. The highest BCUT2D eigenvalue weighted by Gasteiger charge is 2.20. The van der Waals surface area contributed by atoms with Gasteiger partial charge >= 0.3 is 0 Å². The Hall–Kier alpha value is -1.97. The van der Waals surface area contributed by atoms with Gasteiger partial charge in [0.15, 0.2) is 5.03 Å². The van der Waals surface area contributed by atoms with Crippen molar-refractivity contribution in [3.8, 4) is 0 Å². The molecule has 2 aromatic heterocycles. The van der Waals surface area contributed by atoms with Crippen molar-refractivity contribution in [3.63, 3.8) is 0 Å². The molecular weight excluding hydrogens is 270 g/mol. The summed E-state index contributed by atoms with van der Waals surface area (Å²) in [5.41, 5.74) is 2.99. The molecule has 0 bridgehead atoms. The molecule has 9 heteroatoms. The largest absolute Gasteiger partial charge is 0.361 e. The summed E-state index contributed by atoms with van der Waals surface area (Å²) >= 11 is 0. The summed E-state index contributed by atoms with van der Waals surface area (Å²) in [6.45, 7) is 1.74. The van der Waals surface area contributed by atoms with Crippen LogP contribution in [0.2, 0.25) is 0 Å². The number of pyridine rings is 1. The van der Waals surface area contributed by atoms with Crippen LogP contribution in [-0.2, 0) is 16.6 Å². The van der Waals surface area contributed by atoms with Crippen molar-refractivity contribution in [2.24, 2.45) is 5.84 Å². The van der Waals surface area contributed by atoms with Gasteiger partial charge in [0, 0.05) is 12.3 Å². The molecule has 2 heterocycles. The van der Waals surface area contributed by atoms with Gasteiger partial charge in [-0.15, -0.1) is 0 Å². The second kappa shape index (κ2) is 5.34. The first-order valence-electron chi connectivity index (χ1n) is 5.36. The molecule has 0 fully saturated rings. The van der Waals surface area contributed by atoms with Crippen molar-refractivity contribution in [3.05, 3.63) is 35.9 Å². The van der Waals surface area contributed by atoms with Gasteiger partial charge in [0.1, 0.15) is 5.76 Å². The molecule has 0 aliphatic rings. The number of sulfonamides is 1. The molecule has 0 aliphatic carbocycles. The zero-order valence-electron chi connectivity index (χ0n) is 10.1. The monoisotopic (exact) mass is 283 g/mol. The third kappa shape index (κ3) is 3.08. The van der Waals surface area contributed by atoms with Gasteiger partial charge in [-0.3, -0.25) is 5.84 Å². The Labute approximate surface area is 110 Å². The Morgan fingerprint density at radius 2 is 2.26 bits per heavy atom. The van der Waals surface area contributed by atoms with Gasteiger partial charge in [-0.2, -0.15) is 0 Å². The average molecular weight is 283 g/mol. The molecule has 0 aliphatic heterocycles. The van der Waals surface area contributed by atoms with Crippen LogP contribution in [-0.4, -0.2) is 18.6 Å². The van der Waals surface area contributed by atoms with E-state index in [9.17, 15) is 8.42 Å². The lowest BCUT2D eigenvalue weighted by atomic mass is 10.4. The van der Waals surface area contributed by atoms with Gasteiger partial charge in [0.2, 0.25) is 0 Å². The summed E-state index contributed by atoms with van der Waals surface area (Å²) in [7, 11) is -3.78. The standard InChI is InChI=1S/C10H13N5O3S/c1-7-5-8(15-18-7)6-13-19(16,17)10-9(14-11)3-2-4-12-10/h2-5,13-14H,6,11H2,1H3. The minimum atomic E-state index is -3.78. The number of nitrogens with zero attached hydrogens (tertiary/aromatic N) is 2. The molecule has 0 spiro atoms. The van der Waals surface area contributed by atoms with Crippen LogP contribution in [0, 0.1) is 6.92 Å². The number of hydrogen-bond acceptors (Lipinski definition) is 7. The van der Waals surface area contributed by atoms with E-state index >= 15 is 0 Å². The van der Waals surface area contributed by atoms with Crippen molar-refractivity contribution in [2.75, 3.05) is 5.43 Å².